The van der Waals surface area contributed by atoms with Gasteiger partial charge in [-0.15, -0.1) is 12.4 Å². The highest BCUT2D eigenvalue weighted by atomic mass is 35.5. The van der Waals surface area contributed by atoms with Gasteiger partial charge in [-0.1, -0.05) is 26.0 Å². The standard InChI is InChI=1S/C13H19N3.ClH/c1-3-12(4-2)14-8-10-5-6-11-9-15-16-13(11)7-10;/h5-7,9,12,14H,3-4,8H2,1-2H3,(H,15,16);1H. The van der Waals surface area contributed by atoms with E-state index in [-0.39, 0.29) is 12.4 Å². The second-order valence-corrected chi connectivity index (χ2v) is 4.19. The lowest BCUT2D eigenvalue weighted by molar-refractivity contribution is 0.484. The van der Waals surface area contributed by atoms with Gasteiger partial charge in [0.2, 0.25) is 0 Å². The lowest BCUT2D eigenvalue weighted by Crippen LogP contribution is -2.26. The van der Waals surface area contributed by atoms with Crippen LogP contribution in [0.4, 0.5) is 0 Å². The summed E-state index contributed by atoms with van der Waals surface area (Å²) >= 11 is 0. The van der Waals surface area contributed by atoms with E-state index in [0.717, 1.165) is 12.1 Å². The third kappa shape index (κ3) is 3.45. The third-order valence-corrected chi connectivity index (χ3v) is 3.09. The fraction of sp³-hybridized carbons (Fsp3) is 0.462. The molecule has 0 aliphatic heterocycles. The number of aromatic nitrogens is 2. The summed E-state index contributed by atoms with van der Waals surface area (Å²) in [6.45, 7) is 5.37. The van der Waals surface area contributed by atoms with Crippen LogP contribution >= 0.6 is 12.4 Å². The number of H-pyrrole nitrogens is 1. The maximum absolute atomic E-state index is 4.02. The summed E-state index contributed by atoms with van der Waals surface area (Å²) in [5, 5.41) is 11.8. The Labute approximate surface area is 108 Å². The SMILES string of the molecule is CCC(CC)NCc1ccc2cn[nH]c2c1.Cl. The third-order valence-electron chi connectivity index (χ3n) is 3.09. The molecule has 17 heavy (non-hydrogen) atoms. The fourth-order valence-electron chi connectivity index (χ4n) is 1.93. The molecule has 1 aromatic heterocycles. The molecule has 0 radical (unpaired) electrons. The molecule has 0 fully saturated rings. The number of hydrogen-bond donors (Lipinski definition) is 2. The predicted octanol–water partition coefficient (Wildman–Crippen LogP) is 3.26. The molecule has 3 nitrogen and oxygen atoms in total. The Morgan fingerprint density at radius 3 is 2.76 bits per heavy atom. The van der Waals surface area contributed by atoms with E-state index in [1.54, 1.807) is 0 Å². The second-order valence-electron chi connectivity index (χ2n) is 4.19. The van der Waals surface area contributed by atoms with Crippen molar-refractivity contribution >= 4 is 23.3 Å². The number of rotatable bonds is 5. The largest absolute Gasteiger partial charge is 0.310 e. The van der Waals surface area contributed by atoms with E-state index >= 15 is 0 Å². The zero-order valence-corrected chi connectivity index (χ0v) is 11.2. The number of benzene rings is 1. The van der Waals surface area contributed by atoms with Gasteiger partial charge in [-0.3, -0.25) is 5.10 Å². The first-order chi connectivity index (χ1) is 7.83. The molecule has 0 saturated heterocycles. The summed E-state index contributed by atoms with van der Waals surface area (Å²) in [6, 6.07) is 7.06. The van der Waals surface area contributed by atoms with Crippen LogP contribution in [-0.4, -0.2) is 16.2 Å². The lowest BCUT2D eigenvalue weighted by atomic mass is 10.1. The highest BCUT2D eigenvalue weighted by molar-refractivity contribution is 5.85. The van der Waals surface area contributed by atoms with E-state index in [9.17, 15) is 0 Å². The first-order valence-corrected chi connectivity index (χ1v) is 5.99. The Morgan fingerprint density at radius 2 is 2.06 bits per heavy atom. The minimum absolute atomic E-state index is 0. The first kappa shape index (κ1) is 14.0. The fourth-order valence-corrected chi connectivity index (χ4v) is 1.93. The van der Waals surface area contributed by atoms with Crippen molar-refractivity contribution in [3.8, 4) is 0 Å². The highest BCUT2D eigenvalue weighted by Gasteiger charge is 2.03. The van der Waals surface area contributed by atoms with Gasteiger partial charge in [-0.25, -0.2) is 0 Å². The average molecular weight is 254 g/mol. The van der Waals surface area contributed by atoms with Crippen LogP contribution in [0, 0.1) is 0 Å². The van der Waals surface area contributed by atoms with Gasteiger partial charge >= 0.3 is 0 Å². The Balaban J connectivity index is 0.00000144. The zero-order valence-electron chi connectivity index (χ0n) is 10.4. The Bertz CT molecular complexity index is 449. The summed E-state index contributed by atoms with van der Waals surface area (Å²) in [7, 11) is 0. The molecular weight excluding hydrogens is 234 g/mol. The van der Waals surface area contributed by atoms with Gasteiger partial charge in [-0.2, -0.15) is 5.10 Å². The molecule has 94 valence electrons. The van der Waals surface area contributed by atoms with Crippen molar-refractivity contribution in [3.63, 3.8) is 0 Å². The Morgan fingerprint density at radius 1 is 1.29 bits per heavy atom. The van der Waals surface area contributed by atoms with E-state index in [2.05, 4.69) is 47.6 Å². The maximum Gasteiger partial charge on any atom is 0.0653 e. The number of nitrogens with one attached hydrogen (secondary N) is 2. The zero-order chi connectivity index (χ0) is 11.4. The van der Waals surface area contributed by atoms with Crippen LogP contribution in [0.3, 0.4) is 0 Å². The molecule has 0 bridgehead atoms. The van der Waals surface area contributed by atoms with Gasteiger partial charge < -0.3 is 5.32 Å². The lowest BCUT2D eigenvalue weighted by Gasteiger charge is -2.14. The second kappa shape index (κ2) is 6.62. The van der Waals surface area contributed by atoms with Crippen LogP contribution in [-0.2, 0) is 6.54 Å². The molecule has 0 amide bonds. The first-order valence-electron chi connectivity index (χ1n) is 5.99. The van der Waals surface area contributed by atoms with Crippen molar-refractivity contribution in [1.82, 2.24) is 15.5 Å². The number of nitrogens with zero attached hydrogens (tertiary/aromatic N) is 1. The Hall–Kier alpha value is -1.06. The van der Waals surface area contributed by atoms with Crippen molar-refractivity contribution in [2.75, 3.05) is 0 Å². The van der Waals surface area contributed by atoms with Gasteiger partial charge in [0.05, 0.1) is 11.7 Å². The number of halogens is 1. The quantitative estimate of drug-likeness (QED) is 0.859. The maximum atomic E-state index is 4.02. The Kier molecular flexibility index (Phi) is 5.45. The monoisotopic (exact) mass is 253 g/mol. The summed E-state index contributed by atoms with van der Waals surface area (Å²) in [5.74, 6) is 0. The van der Waals surface area contributed by atoms with Crippen LogP contribution in [0.2, 0.25) is 0 Å². The number of fused-ring (bicyclic) bond motifs is 1. The average Bonchev–Trinajstić information content (AvgIpc) is 2.77. The van der Waals surface area contributed by atoms with Crippen molar-refractivity contribution in [2.45, 2.75) is 39.3 Å². The van der Waals surface area contributed by atoms with Crippen LogP contribution in [0.5, 0.6) is 0 Å². The normalized spacial score (nSPS) is 10.8. The molecule has 0 saturated carbocycles. The topological polar surface area (TPSA) is 40.7 Å². The summed E-state index contributed by atoms with van der Waals surface area (Å²) in [4.78, 5) is 0. The molecule has 2 rings (SSSR count). The van der Waals surface area contributed by atoms with Crippen LogP contribution in [0.25, 0.3) is 10.9 Å². The highest BCUT2D eigenvalue weighted by Crippen LogP contribution is 2.12. The summed E-state index contributed by atoms with van der Waals surface area (Å²) in [5.41, 5.74) is 2.42. The molecular formula is C13H20ClN3. The molecule has 0 aliphatic rings. The molecule has 1 aromatic carbocycles. The molecule has 0 aliphatic carbocycles. The summed E-state index contributed by atoms with van der Waals surface area (Å²) < 4.78 is 0. The molecule has 0 spiro atoms. The molecule has 4 heteroatoms. The number of hydrogen-bond acceptors (Lipinski definition) is 2. The van der Waals surface area contributed by atoms with Crippen molar-refractivity contribution < 1.29 is 0 Å². The predicted molar refractivity (Wildman–Crippen MR) is 74.6 cm³/mol. The van der Waals surface area contributed by atoms with Gasteiger partial charge in [0.15, 0.2) is 0 Å². The molecule has 0 atom stereocenters. The van der Waals surface area contributed by atoms with E-state index in [1.165, 1.54) is 23.8 Å². The minimum Gasteiger partial charge on any atom is -0.310 e. The number of aromatic amines is 1. The van der Waals surface area contributed by atoms with Gasteiger partial charge in [0.25, 0.3) is 0 Å². The van der Waals surface area contributed by atoms with Gasteiger partial charge in [0, 0.05) is 18.0 Å². The molecule has 0 unspecified atom stereocenters. The van der Waals surface area contributed by atoms with Gasteiger partial charge in [0.1, 0.15) is 0 Å². The molecule has 2 N–H and O–H groups in total. The van der Waals surface area contributed by atoms with Gasteiger partial charge in [-0.05, 0) is 24.5 Å². The van der Waals surface area contributed by atoms with E-state index in [0.29, 0.717) is 6.04 Å². The van der Waals surface area contributed by atoms with Crippen LogP contribution in [0.1, 0.15) is 32.3 Å². The van der Waals surface area contributed by atoms with Crippen molar-refractivity contribution in [2.24, 2.45) is 0 Å². The van der Waals surface area contributed by atoms with Crippen LogP contribution < -0.4 is 5.32 Å². The van der Waals surface area contributed by atoms with E-state index in [1.807, 2.05) is 6.20 Å². The van der Waals surface area contributed by atoms with Crippen molar-refractivity contribution in [1.29, 1.82) is 0 Å². The summed E-state index contributed by atoms with van der Waals surface area (Å²) in [6.07, 6.45) is 4.22. The van der Waals surface area contributed by atoms with E-state index in [4.69, 9.17) is 0 Å². The van der Waals surface area contributed by atoms with E-state index < -0.39 is 0 Å². The van der Waals surface area contributed by atoms with Crippen molar-refractivity contribution in [3.05, 3.63) is 30.0 Å². The van der Waals surface area contributed by atoms with Crippen LogP contribution in [0.15, 0.2) is 24.4 Å². The molecule has 1 heterocycles. The smallest absolute Gasteiger partial charge is 0.0653 e. The minimum atomic E-state index is 0. The molecule has 2 aromatic rings.